The van der Waals surface area contributed by atoms with Crippen molar-refractivity contribution in [3.05, 3.63) is 54.4 Å². The van der Waals surface area contributed by atoms with Crippen molar-refractivity contribution in [1.82, 2.24) is 4.57 Å². The fourth-order valence-corrected chi connectivity index (χ4v) is 1.52. The van der Waals surface area contributed by atoms with E-state index in [0.29, 0.717) is 0 Å². The number of rotatable bonds is 1. The van der Waals surface area contributed by atoms with Crippen LogP contribution in [0, 0.1) is 12.4 Å². The summed E-state index contributed by atoms with van der Waals surface area (Å²) in [5.41, 5.74) is 2.66. The van der Waals surface area contributed by atoms with Crippen LogP contribution in [0.2, 0.25) is 0 Å². The smallest absolute Gasteiger partial charge is 0.0704 e. The highest BCUT2D eigenvalue weighted by atomic mass is 14.9. The molecule has 0 amide bonds. The van der Waals surface area contributed by atoms with Crippen LogP contribution in [0.25, 0.3) is 5.69 Å². The maximum absolute atomic E-state index is 3.07. The van der Waals surface area contributed by atoms with Crippen LogP contribution in [0.15, 0.2) is 36.4 Å². The van der Waals surface area contributed by atoms with Gasteiger partial charge in [-0.2, -0.15) is 0 Å². The van der Waals surface area contributed by atoms with Crippen molar-refractivity contribution >= 4 is 0 Å². The van der Waals surface area contributed by atoms with Crippen LogP contribution >= 0.6 is 0 Å². The Morgan fingerprint density at radius 3 is 1.93 bits per heavy atom. The Hall–Kier alpha value is -1.50. The van der Waals surface area contributed by atoms with E-state index in [1.54, 1.807) is 0 Å². The fraction of sp³-hybridized carbons (Fsp3) is 0.286. The third-order valence-corrected chi connectivity index (χ3v) is 2.48. The van der Waals surface area contributed by atoms with Crippen LogP contribution in [-0.2, 0) is 5.41 Å². The molecule has 0 aliphatic heterocycles. The van der Waals surface area contributed by atoms with Crippen LogP contribution in [0.5, 0.6) is 0 Å². The zero-order valence-electron chi connectivity index (χ0n) is 9.41. The quantitative estimate of drug-likeness (QED) is 0.660. The number of benzene rings is 1. The maximum atomic E-state index is 3.07. The van der Waals surface area contributed by atoms with Gasteiger partial charge in [0.05, 0.1) is 12.4 Å². The standard InChI is InChI=1S/C14H15N/c1-14(2,3)12-6-8-13(9-7-12)15-10-4-5-11-15/h4-9H,1-3H3. The summed E-state index contributed by atoms with van der Waals surface area (Å²) < 4.78 is 1.87. The molecule has 0 N–H and O–H groups in total. The molecular formula is C14H15N. The zero-order valence-corrected chi connectivity index (χ0v) is 9.41. The predicted octanol–water partition coefficient (Wildman–Crippen LogP) is 3.38. The average Bonchev–Trinajstić information content (AvgIpc) is 2.69. The number of nitrogens with zero attached hydrogens (tertiary/aromatic N) is 1. The van der Waals surface area contributed by atoms with Gasteiger partial charge in [-0.3, -0.25) is 0 Å². The van der Waals surface area contributed by atoms with Crippen molar-refractivity contribution < 1.29 is 0 Å². The molecule has 1 aromatic heterocycles. The molecule has 0 unspecified atom stereocenters. The minimum absolute atomic E-state index is 0.211. The van der Waals surface area contributed by atoms with Gasteiger partial charge in [-0.05, 0) is 35.2 Å². The molecule has 0 spiro atoms. The molecule has 76 valence electrons. The number of hydrogen-bond donors (Lipinski definition) is 0. The first-order valence-electron chi connectivity index (χ1n) is 5.15. The topological polar surface area (TPSA) is 4.93 Å². The average molecular weight is 197 g/mol. The summed E-state index contributed by atoms with van der Waals surface area (Å²) in [5.74, 6) is 0. The second-order valence-electron chi connectivity index (χ2n) is 4.72. The van der Waals surface area contributed by atoms with E-state index in [0.717, 1.165) is 5.69 Å². The lowest BCUT2D eigenvalue weighted by Crippen LogP contribution is -2.10. The van der Waals surface area contributed by atoms with Gasteiger partial charge >= 0.3 is 0 Å². The molecule has 0 bridgehead atoms. The van der Waals surface area contributed by atoms with E-state index >= 15 is 0 Å². The lowest BCUT2D eigenvalue weighted by molar-refractivity contribution is 0.590. The summed E-state index contributed by atoms with van der Waals surface area (Å²) in [4.78, 5) is 0. The van der Waals surface area contributed by atoms with Gasteiger partial charge in [0, 0.05) is 5.69 Å². The highest BCUT2D eigenvalue weighted by molar-refractivity contribution is 5.36. The second kappa shape index (κ2) is 3.58. The summed E-state index contributed by atoms with van der Waals surface area (Å²) in [6.07, 6.45) is 6.15. The van der Waals surface area contributed by atoms with Gasteiger partial charge in [-0.1, -0.05) is 32.9 Å². The highest BCUT2D eigenvalue weighted by Crippen LogP contribution is 2.22. The molecule has 0 aliphatic rings. The lowest BCUT2D eigenvalue weighted by Gasteiger charge is -2.19. The first-order valence-corrected chi connectivity index (χ1v) is 5.15. The second-order valence-corrected chi connectivity index (χ2v) is 4.72. The third kappa shape index (κ3) is 2.12. The molecule has 2 rings (SSSR count). The van der Waals surface area contributed by atoms with Crippen molar-refractivity contribution in [2.45, 2.75) is 26.2 Å². The van der Waals surface area contributed by atoms with Crippen LogP contribution < -0.4 is 0 Å². The van der Waals surface area contributed by atoms with Gasteiger partial charge in [0.2, 0.25) is 0 Å². The number of aromatic nitrogens is 1. The molecule has 2 aromatic rings. The first kappa shape index (κ1) is 10.0. The Labute approximate surface area is 91.4 Å². The Morgan fingerprint density at radius 1 is 0.933 bits per heavy atom. The van der Waals surface area contributed by atoms with Crippen molar-refractivity contribution in [2.24, 2.45) is 0 Å². The van der Waals surface area contributed by atoms with Crippen molar-refractivity contribution in [3.63, 3.8) is 0 Å². The molecule has 1 heteroatoms. The summed E-state index contributed by atoms with van der Waals surface area (Å²) in [5, 5.41) is 0. The first-order chi connectivity index (χ1) is 7.07. The van der Waals surface area contributed by atoms with Crippen molar-refractivity contribution in [2.75, 3.05) is 0 Å². The van der Waals surface area contributed by atoms with E-state index in [1.807, 2.05) is 16.7 Å². The number of hydrogen-bond acceptors (Lipinski definition) is 0. The van der Waals surface area contributed by atoms with Gasteiger partial charge in [-0.25, -0.2) is 0 Å². The molecule has 0 atom stereocenters. The molecule has 0 aliphatic carbocycles. The molecule has 0 fully saturated rings. The van der Waals surface area contributed by atoms with E-state index < -0.39 is 0 Å². The largest absolute Gasteiger partial charge is 0.306 e. The van der Waals surface area contributed by atoms with Gasteiger partial charge in [0.1, 0.15) is 0 Å². The molecule has 1 heterocycles. The summed E-state index contributed by atoms with van der Waals surface area (Å²) in [6, 6.07) is 12.3. The van der Waals surface area contributed by atoms with Gasteiger partial charge in [0.15, 0.2) is 0 Å². The molecule has 15 heavy (non-hydrogen) atoms. The molecule has 1 aromatic carbocycles. The van der Waals surface area contributed by atoms with E-state index in [-0.39, 0.29) is 5.41 Å². The molecule has 0 saturated heterocycles. The SMILES string of the molecule is CC(C)(C)c1ccc(-n2[c]cc[c]2)cc1. The van der Waals surface area contributed by atoms with E-state index in [4.69, 9.17) is 0 Å². The van der Waals surface area contributed by atoms with Crippen molar-refractivity contribution in [3.8, 4) is 5.69 Å². The molecular weight excluding hydrogens is 182 g/mol. The maximum Gasteiger partial charge on any atom is 0.0704 e. The van der Waals surface area contributed by atoms with Crippen LogP contribution in [0.4, 0.5) is 0 Å². The Bertz CT molecular complexity index is 415. The molecule has 2 radical (unpaired) electrons. The minimum Gasteiger partial charge on any atom is -0.306 e. The van der Waals surface area contributed by atoms with Gasteiger partial charge in [-0.15, -0.1) is 0 Å². The summed E-state index contributed by atoms with van der Waals surface area (Å²) in [7, 11) is 0. The predicted molar refractivity (Wildman–Crippen MR) is 62.1 cm³/mol. The lowest BCUT2D eigenvalue weighted by atomic mass is 9.87. The summed E-state index contributed by atoms with van der Waals surface area (Å²) >= 11 is 0. The minimum atomic E-state index is 0.211. The molecule has 1 nitrogen and oxygen atoms in total. The van der Waals surface area contributed by atoms with Gasteiger partial charge < -0.3 is 4.57 Å². The highest BCUT2D eigenvalue weighted by Gasteiger charge is 2.12. The third-order valence-electron chi connectivity index (χ3n) is 2.48. The van der Waals surface area contributed by atoms with Gasteiger partial charge in [0.25, 0.3) is 0 Å². The Balaban J connectivity index is 2.33. The Kier molecular flexibility index (Phi) is 2.39. The van der Waals surface area contributed by atoms with Crippen LogP contribution in [-0.4, -0.2) is 4.57 Å². The van der Waals surface area contributed by atoms with E-state index in [9.17, 15) is 0 Å². The van der Waals surface area contributed by atoms with E-state index in [1.165, 1.54) is 5.56 Å². The van der Waals surface area contributed by atoms with Crippen LogP contribution in [0.3, 0.4) is 0 Å². The van der Waals surface area contributed by atoms with Crippen molar-refractivity contribution in [1.29, 1.82) is 0 Å². The molecule has 0 saturated carbocycles. The monoisotopic (exact) mass is 197 g/mol. The van der Waals surface area contributed by atoms with E-state index in [2.05, 4.69) is 57.4 Å². The summed E-state index contributed by atoms with van der Waals surface area (Å²) in [6.45, 7) is 6.65. The Morgan fingerprint density at radius 2 is 1.47 bits per heavy atom. The van der Waals surface area contributed by atoms with Crippen LogP contribution in [0.1, 0.15) is 26.3 Å². The normalized spacial score (nSPS) is 11.7. The zero-order chi connectivity index (χ0) is 10.9. The fourth-order valence-electron chi connectivity index (χ4n) is 1.52.